The van der Waals surface area contributed by atoms with E-state index in [1.165, 1.54) is 25.7 Å². The topological polar surface area (TPSA) is 44.9 Å². The highest BCUT2D eigenvalue weighted by molar-refractivity contribution is 5.78. The van der Waals surface area contributed by atoms with Gasteiger partial charge >= 0.3 is 0 Å². The van der Waals surface area contributed by atoms with Crippen LogP contribution in [-0.4, -0.2) is 16.9 Å². The van der Waals surface area contributed by atoms with E-state index in [0.717, 1.165) is 18.5 Å². The number of nitrogens with one attached hydrogen (secondary N) is 2. The monoisotopic (exact) mass is 220 g/mol. The van der Waals surface area contributed by atoms with Gasteiger partial charge in [0.1, 0.15) is 0 Å². The summed E-state index contributed by atoms with van der Waals surface area (Å²) < 4.78 is 0. The van der Waals surface area contributed by atoms with Crippen LogP contribution in [0.2, 0.25) is 0 Å². The Labute approximate surface area is 96.6 Å². The van der Waals surface area contributed by atoms with Crippen LogP contribution in [0.4, 0.5) is 0 Å². The SMILES string of the molecule is O=C(Cc1ccc[nH]1)NC1CCCCCC1. The van der Waals surface area contributed by atoms with Gasteiger partial charge in [-0.05, 0) is 25.0 Å². The number of aromatic amines is 1. The molecule has 1 saturated carbocycles. The molecule has 1 aromatic heterocycles. The Kier molecular flexibility index (Phi) is 4.03. The van der Waals surface area contributed by atoms with Gasteiger partial charge in [-0.15, -0.1) is 0 Å². The van der Waals surface area contributed by atoms with Gasteiger partial charge in [0.05, 0.1) is 6.42 Å². The molecule has 88 valence electrons. The highest BCUT2D eigenvalue weighted by Crippen LogP contribution is 2.17. The summed E-state index contributed by atoms with van der Waals surface area (Å²) in [6.45, 7) is 0. The van der Waals surface area contributed by atoms with Crippen LogP contribution in [0.1, 0.15) is 44.2 Å². The molecule has 1 heterocycles. The maximum absolute atomic E-state index is 11.8. The first-order valence-electron chi connectivity index (χ1n) is 6.26. The molecule has 0 saturated heterocycles. The molecule has 1 aromatic rings. The fourth-order valence-corrected chi connectivity index (χ4v) is 2.35. The second-order valence-corrected chi connectivity index (χ2v) is 4.63. The number of aromatic nitrogens is 1. The molecule has 3 nitrogen and oxygen atoms in total. The molecule has 2 rings (SSSR count). The van der Waals surface area contributed by atoms with Crippen molar-refractivity contribution >= 4 is 5.91 Å². The number of H-pyrrole nitrogens is 1. The summed E-state index contributed by atoms with van der Waals surface area (Å²) in [6, 6.07) is 4.28. The Balaban J connectivity index is 1.77. The molecule has 3 heteroatoms. The third kappa shape index (κ3) is 3.40. The van der Waals surface area contributed by atoms with Gasteiger partial charge in [0.15, 0.2) is 0 Å². The van der Waals surface area contributed by atoms with E-state index >= 15 is 0 Å². The Morgan fingerprint density at radius 2 is 2.06 bits per heavy atom. The first-order valence-corrected chi connectivity index (χ1v) is 6.26. The summed E-state index contributed by atoms with van der Waals surface area (Å²) in [5.41, 5.74) is 0.992. The molecule has 2 N–H and O–H groups in total. The summed E-state index contributed by atoms with van der Waals surface area (Å²) in [7, 11) is 0. The van der Waals surface area contributed by atoms with E-state index in [4.69, 9.17) is 0 Å². The van der Waals surface area contributed by atoms with E-state index in [1.54, 1.807) is 0 Å². The Bertz CT molecular complexity index is 311. The lowest BCUT2D eigenvalue weighted by molar-refractivity contribution is -0.121. The van der Waals surface area contributed by atoms with Crippen molar-refractivity contribution in [3.05, 3.63) is 24.0 Å². The van der Waals surface area contributed by atoms with E-state index < -0.39 is 0 Å². The smallest absolute Gasteiger partial charge is 0.226 e. The quantitative estimate of drug-likeness (QED) is 0.755. The lowest BCUT2D eigenvalue weighted by atomic mass is 10.1. The molecule has 0 aliphatic heterocycles. The van der Waals surface area contributed by atoms with Crippen molar-refractivity contribution in [3.8, 4) is 0 Å². The summed E-state index contributed by atoms with van der Waals surface area (Å²) in [5.74, 6) is 0.148. The first kappa shape index (κ1) is 11.2. The van der Waals surface area contributed by atoms with Gasteiger partial charge < -0.3 is 10.3 Å². The summed E-state index contributed by atoms with van der Waals surface area (Å²) in [5, 5.41) is 3.14. The van der Waals surface area contributed by atoms with Crippen LogP contribution in [0.3, 0.4) is 0 Å². The molecule has 0 spiro atoms. The van der Waals surface area contributed by atoms with Gasteiger partial charge in [-0.2, -0.15) is 0 Å². The van der Waals surface area contributed by atoms with Gasteiger partial charge in [-0.1, -0.05) is 25.7 Å². The van der Waals surface area contributed by atoms with E-state index in [1.807, 2.05) is 18.3 Å². The number of hydrogen-bond acceptors (Lipinski definition) is 1. The predicted octanol–water partition coefficient (Wildman–Crippen LogP) is 2.40. The van der Waals surface area contributed by atoms with E-state index in [0.29, 0.717) is 12.5 Å². The maximum Gasteiger partial charge on any atom is 0.226 e. The number of carbonyl (C=O) groups excluding carboxylic acids is 1. The van der Waals surface area contributed by atoms with Gasteiger partial charge in [0.2, 0.25) is 5.91 Å². The molecular weight excluding hydrogens is 200 g/mol. The minimum atomic E-state index is 0.148. The number of hydrogen-bond donors (Lipinski definition) is 2. The van der Waals surface area contributed by atoms with Gasteiger partial charge in [-0.25, -0.2) is 0 Å². The molecule has 0 atom stereocenters. The highest BCUT2D eigenvalue weighted by atomic mass is 16.1. The summed E-state index contributed by atoms with van der Waals surface area (Å²) in [6.07, 6.45) is 9.79. The van der Waals surface area contributed by atoms with Crippen LogP contribution in [-0.2, 0) is 11.2 Å². The van der Waals surface area contributed by atoms with Crippen molar-refractivity contribution < 1.29 is 4.79 Å². The van der Waals surface area contributed by atoms with Crippen molar-refractivity contribution in [2.24, 2.45) is 0 Å². The zero-order valence-corrected chi connectivity index (χ0v) is 9.67. The van der Waals surface area contributed by atoms with Crippen molar-refractivity contribution in [2.75, 3.05) is 0 Å². The Morgan fingerprint density at radius 3 is 2.69 bits per heavy atom. The molecule has 1 aliphatic rings. The second kappa shape index (κ2) is 5.73. The lowest BCUT2D eigenvalue weighted by Gasteiger charge is -2.15. The fraction of sp³-hybridized carbons (Fsp3) is 0.615. The summed E-state index contributed by atoms with van der Waals surface area (Å²) >= 11 is 0. The highest BCUT2D eigenvalue weighted by Gasteiger charge is 2.14. The van der Waals surface area contributed by atoms with Crippen molar-refractivity contribution in [2.45, 2.75) is 51.0 Å². The Hall–Kier alpha value is -1.25. The lowest BCUT2D eigenvalue weighted by Crippen LogP contribution is -2.35. The van der Waals surface area contributed by atoms with Crippen LogP contribution in [0.5, 0.6) is 0 Å². The molecule has 0 unspecified atom stereocenters. The number of rotatable bonds is 3. The van der Waals surface area contributed by atoms with Crippen LogP contribution in [0, 0.1) is 0 Å². The average molecular weight is 220 g/mol. The van der Waals surface area contributed by atoms with E-state index in [-0.39, 0.29) is 5.91 Å². The van der Waals surface area contributed by atoms with Gasteiger partial charge in [0.25, 0.3) is 0 Å². The van der Waals surface area contributed by atoms with Crippen LogP contribution in [0.25, 0.3) is 0 Å². The number of carbonyl (C=O) groups is 1. The van der Waals surface area contributed by atoms with Crippen LogP contribution >= 0.6 is 0 Å². The normalized spacial score (nSPS) is 18.0. The predicted molar refractivity (Wildman–Crippen MR) is 64.1 cm³/mol. The summed E-state index contributed by atoms with van der Waals surface area (Å²) in [4.78, 5) is 14.8. The third-order valence-corrected chi connectivity index (χ3v) is 3.23. The van der Waals surface area contributed by atoms with Crippen molar-refractivity contribution in [1.29, 1.82) is 0 Å². The fourth-order valence-electron chi connectivity index (χ4n) is 2.35. The zero-order valence-electron chi connectivity index (χ0n) is 9.67. The Morgan fingerprint density at radius 1 is 1.31 bits per heavy atom. The molecule has 0 radical (unpaired) electrons. The third-order valence-electron chi connectivity index (χ3n) is 3.23. The standard InChI is InChI=1S/C13H20N2O/c16-13(10-12-8-5-9-14-12)15-11-6-3-1-2-4-7-11/h5,8-9,11,14H,1-4,6-7,10H2,(H,15,16). The minimum absolute atomic E-state index is 0.148. The zero-order chi connectivity index (χ0) is 11.2. The van der Waals surface area contributed by atoms with Crippen LogP contribution in [0.15, 0.2) is 18.3 Å². The molecule has 1 aliphatic carbocycles. The van der Waals surface area contributed by atoms with Crippen LogP contribution < -0.4 is 5.32 Å². The minimum Gasteiger partial charge on any atom is -0.365 e. The molecule has 0 aromatic carbocycles. The van der Waals surface area contributed by atoms with Gasteiger partial charge in [0, 0.05) is 17.9 Å². The van der Waals surface area contributed by atoms with Crippen molar-refractivity contribution in [3.63, 3.8) is 0 Å². The molecular formula is C13H20N2O. The largest absolute Gasteiger partial charge is 0.365 e. The van der Waals surface area contributed by atoms with Gasteiger partial charge in [-0.3, -0.25) is 4.79 Å². The molecule has 16 heavy (non-hydrogen) atoms. The van der Waals surface area contributed by atoms with Crippen molar-refractivity contribution in [1.82, 2.24) is 10.3 Å². The molecule has 1 fully saturated rings. The number of amides is 1. The van der Waals surface area contributed by atoms with E-state index in [2.05, 4.69) is 10.3 Å². The average Bonchev–Trinajstić information content (AvgIpc) is 2.62. The molecule has 1 amide bonds. The maximum atomic E-state index is 11.8. The first-order chi connectivity index (χ1) is 7.84. The molecule has 0 bridgehead atoms. The van der Waals surface area contributed by atoms with E-state index in [9.17, 15) is 4.79 Å². The second-order valence-electron chi connectivity index (χ2n) is 4.63.